The number of aryl methyl sites for hydroxylation is 1. The highest BCUT2D eigenvalue weighted by atomic mass is 16.5. The lowest BCUT2D eigenvalue weighted by molar-refractivity contribution is -0.124. The Kier molecular flexibility index (Phi) is 5.65. The van der Waals surface area contributed by atoms with Gasteiger partial charge in [-0.05, 0) is 37.5 Å². The maximum absolute atomic E-state index is 13.0. The maximum Gasteiger partial charge on any atom is 0.258 e. The molecule has 1 saturated carbocycles. The number of carbonyl (C=O) groups is 1. The molecule has 150 valence electrons. The molecule has 5 nitrogen and oxygen atoms in total. The summed E-state index contributed by atoms with van der Waals surface area (Å²) in [6, 6.07) is 14.8. The lowest BCUT2D eigenvalue weighted by Crippen LogP contribution is -2.38. The van der Waals surface area contributed by atoms with Crippen molar-refractivity contribution < 1.29 is 13.9 Å². The molecule has 5 heteroatoms. The van der Waals surface area contributed by atoms with Gasteiger partial charge in [-0.3, -0.25) is 9.59 Å². The molecule has 29 heavy (non-hydrogen) atoms. The van der Waals surface area contributed by atoms with Crippen LogP contribution in [0.3, 0.4) is 0 Å². The van der Waals surface area contributed by atoms with Crippen molar-refractivity contribution in [3.63, 3.8) is 0 Å². The molecule has 1 aromatic heterocycles. The molecule has 1 heterocycles. The molecule has 0 aliphatic heterocycles. The Labute approximate surface area is 169 Å². The molecule has 0 spiro atoms. The summed E-state index contributed by atoms with van der Waals surface area (Å²) in [4.78, 5) is 25.1. The van der Waals surface area contributed by atoms with Crippen molar-refractivity contribution >= 4 is 16.9 Å². The summed E-state index contributed by atoms with van der Waals surface area (Å²) in [5.74, 6) is 0.946. The molecule has 3 aromatic rings. The van der Waals surface area contributed by atoms with E-state index in [0.29, 0.717) is 28.0 Å². The highest BCUT2D eigenvalue weighted by Crippen LogP contribution is 2.26. The number of carbonyl (C=O) groups excluding carboxylic acids is 1. The molecule has 4 rings (SSSR count). The third-order valence-electron chi connectivity index (χ3n) is 5.44. The van der Waals surface area contributed by atoms with Crippen LogP contribution >= 0.6 is 0 Å². The average Bonchev–Trinajstić information content (AvgIpc) is 2.73. The van der Waals surface area contributed by atoms with E-state index < -0.39 is 0 Å². The zero-order valence-electron chi connectivity index (χ0n) is 16.6. The van der Waals surface area contributed by atoms with E-state index in [-0.39, 0.29) is 24.0 Å². The van der Waals surface area contributed by atoms with Crippen LogP contribution in [0.5, 0.6) is 5.75 Å². The van der Waals surface area contributed by atoms with Gasteiger partial charge in [-0.25, -0.2) is 0 Å². The molecule has 1 aliphatic rings. The number of fused-ring (bicyclic) bond motifs is 1. The first-order valence-corrected chi connectivity index (χ1v) is 10.2. The molecule has 0 atom stereocenters. The Morgan fingerprint density at radius 1 is 1.10 bits per heavy atom. The van der Waals surface area contributed by atoms with Gasteiger partial charge in [0.05, 0.1) is 10.9 Å². The molecular formula is C24H25NO4. The Bertz CT molecular complexity index is 1070. The lowest BCUT2D eigenvalue weighted by Gasteiger charge is -2.22. The molecule has 1 fully saturated rings. The van der Waals surface area contributed by atoms with Gasteiger partial charge in [-0.1, -0.05) is 49.6 Å². The van der Waals surface area contributed by atoms with Gasteiger partial charge in [0.15, 0.2) is 6.61 Å². The second kappa shape index (κ2) is 8.52. The molecule has 2 aromatic carbocycles. The summed E-state index contributed by atoms with van der Waals surface area (Å²) in [5, 5.41) is 3.53. The lowest BCUT2D eigenvalue weighted by atomic mass is 9.95. The minimum absolute atomic E-state index is 0.0483. The molecule has 0 saturated heterocycles. The summed E-state index contributed by atoms with van der Waals surface area (Å²) in [6.07, 6.45) is 5.65. The fourth-order valence-electron chi connectivity index (χ4n) is 3.98. The number of amides is 1. The molecule has 0 bridgehead atoms. The van der Waals surface area contributed by atoms with E-state index in [4.69, 9.17) is 9.15 Å². The average molecular weight is 391 g/mol. The third-order valence-corrected chi connectivity index (χ3v) is 5.44. The van der Waals surface area contributed by atoms with Crippen molar-refractivity contribution in [1.82, 2.24) is 5.32 Å². The summed E-state index contributed by atoms with van der Waals surface area (Å²) >= 11 is 0. The van der Waals surface area contributed by atoms with Crippen LogP contribution in [0.1, 0.15) is 37.9 Å². The number of nitrogens with one attached hydrogen (secondary N) is 1. The van der Waals surface area contributed by atoms with E-state index in [9.17, 15) is 9.59 Å². The van der Waals surface area contributed by atoms with Crippen molar-refractivity contribution in [2.45, 2.75) is 45.1 Å². The number of hydrogen-bond donors (Lipinski definition) is 1. The van der Waals surface area contributed by atoms with Crippen LogP contribution in [-0.4, -0.2) is 18.6 Å². The third kappa shape index (κ3) is 4.34. The minimum Gasteiger partial charge on any atom is -0.484 e. The van der Waals surface area contributed by atoms with Gasteiger partial charge in [0.2, 0.25) is 5.43 Å². The van der Waals surface area contributed by atoms with E-state index in [1.807, 2.05) is 30.3 Å². The van der Waals surface area contributed by atoms with Crippen molar-refractivity contribution in [2.75, 3.05) is 6.61 Å². The van der Waals surface area contributed by atoms with E-state index in [2.05, 4.69) is 5.32 Å². The SMILES string of the molecule is Cc1oc2cc(OCC(=O)NC3CCCCC3)ccc2c(=O)c1-c1ccccc1. The number of benzene rings is 2. The van der Waals surface area contributed by atoms with Crippen molar-refractivity contribution in [1.29, 1.82) is 0 Å². The molecule has 1 amide bonds. The predicted molar refractivity (Wildman–Crippen MR) is 113 cm³/mol. The van der Waals surface area contributed by atoms with Crippen molar-refractivity contribution in [3.05, 3.63) is 64.5 Å². The predicted octanol–water partition coefficient (Wildman–Crippen LogP) is 4.60. The van der Waals surface area contributed by atoms with E-state index in [1.165, 1.54) is 19.3 Å². The normalized spacial score (nSPS) is 14.7. The maximum atomic E-state index is 13.0. The Morgan fingerprint density at radius 3 is 2.62 bits per heavy atom. The first kappa shape index (κ1) is 19.2. The summed E-state index contributed by atoms with van der Waals surface area (Å²) in [5.41, 5.74) is 1.79. The Balaban J connectivity index is 1.51. The summed E-state index contributed by atoms with van der Waals surface area (Å²) in [7, 11) is 0. The van der Waals surface area contributed by atoms with Crippen LogP contribution in [-0.2, 0) is 4.79 Å². The molecular weight excluding hydrogens is 366 g/mol. The second-order valence-electron chi connectivity index (χ2n) is 7.58. The van der Waals surface area contributed by atoms with Crippen LogP contribution in [0.2, 0.25) is 0 Å². The van der Waals surface area contributed by atoms with E-state index in [0.717, 1.165) is 18.4 Å². The van der Waals surface area contributed by atoms with Gasteiger partial charge in [-0.15, -0.1) is 0 Å². The van der Waals surface area contributed by atoms with Crippen molar-refractivity contribution in [3.8, 4) is 16.9 Å². The van der Waals surface area contributed by atoms with Gasteiger partial charge in [0, 0.05) is 12.1 Å². The van der Waals surface area contributed by atoms with Crippen LogP contribution < -0.4 is 15.5 Å². The topological polar surface area (TPSA) is 68.5 Å². The fourth-order valence-corrected chi connectivity index (χ4v) is 3.98. The zero-order valence-corrected chi connectivity index (χ0v) is 16.6. The molecule has 0 unspecified atom stereocenters. The van der Waals surface area contributed by atoms with Crippen LogP contribution in [0, 0.1) is 6.92 Å². The zero-order chi connectivity index (χ0) is 20.2. The van der Waals surface area contributed by atoms with Crippen LogP contribution in [0.4, 0.5) is 0 Å². The highest BCUT2D eigenvalue weighted by molar-refractivity contribution is 5.84. The van der Waals surface area contributed by atoms with Crippen molar-refractivity contribution in [2.24, 2.45) is 0 Å². The van der Waals surface area contributed by atoms with Gasteiger partial charge in [-0.2, -0.15) is 0 Å². The summed E-state index contributed by atoms with van der Waals surface area (Å²) < 4.78 is 11.6. The second-order valence-corrected chi connectivity index (χ2v) is 7.58. The quantitative estimate of drug-likeness (QED) is 0.690. The van der Waals surface area contributed by atoms with Crippen LogP contribution in [0.15, 0.2) is 57.7 Å². The van der Waals surface area contributed by atoms with Gasteiger partial charge < -0.3 is 14.5 Å². The first-order valence-electron chi connectivity index (χ1n) is 10.2. The van der Waals surface area contributed by atoms with Gasteiger partial charge in [0.1, 0.15) is 17.1 Å². The molecule has 1 aliphatic carbocycles. The van der Waals surface area contributed by atoms with Gasteiger partial charge >= 0.3 is 0 Å². The fraction of sp³-hybridized carbons (Fsp3) is 0.333. The summed E-state index contributed by atoms with van der Waals surface area (Å²) in [6.45, 7) is 1.74. The van der Waals surface area contributed by atoms with Crippen LogP contribution in [0.25, 0.3) is 22.1 Å². The standard InChI is InChI=1S/C24H25NO4/c1-16-23(17-8-4-2-5-9-17)24(27)20-13-12-19(14-21(20)29-16)28-15-22(26)25-18-10-6-3-7-11-18/h2,4-5,8-9,12-14,18H,3,6-7,10-11,15H2,1H3,(H,25,26). The largest absolute Gasteiger partial charge is 0.484 e. The molecule has 1 N–H and O–H groups in total. The number of hydrogen-bond acceptors (Lipinski definition) is 4. The Hall–Kier alpha value is -3.08. The monoisotopic (exact) mass is 391 g/mol. The number of rotatable bonds is 5. The smallest absolute Gasteiger partial charge is 0.258 e. The van der Waals surface area contributed by atoms with E-state index >= 15 is 0 Å². The van der Waals surface area contributed by atoms with E-state index in [1.54, 1.807) is 25.1 Å². The Morgan fingerprint density at radius 2 is 1.86 bits per heavy atom. The van der Waals surface area contributed by atoms with Gasteiger partial charge in [0.25, 0.3) is 5.91 Å². The first-order chi connectivity index (χ1) is 14.1. The number of ether oxygens (including phenoxy) is 1. The molecule has 0 radical (unpaired) electrons. The minimum atomic E-state index is -0.117. The highest BCUT2D eigenvalue weighted by Gasteiger charge is 2.17.